The van der Waals surface area contributed by atoms with Gasteiger partial charge < -0.3 is 5.32 Å². The van der Waals surface area contributed by atoms with Crippen molar-refractivity contribution in [3.8, 4) is 0 Å². The third-order valence-corrected chi connectivity index (χ3v) is 4.88. The molecule has 1 saturated carbocycles. The first kappa shape index (κ1) is 15.6. The van der Waals surface area contributed by atoms with Crippen LogP contribution in [0, 0.1) is 5.41 Å². The van der Waals surface area contributed by atoms with Crippen LogP contribution in [-0.2, 0) is 6.42 Å². The molecule has 0 aromatic carbocycles. The molecule has 1 fully saturated rings. The normalized spacial score (nSPS) is 19.9. The van der Waals surface area contributed by atoms with Crippen LogP contribution < -0.4 is 5.32 Å². The molecule has 1 N–H and O–H groups in total. The highest BCUT2D eigenvalue weighted by atomic mass is 15.3. The van der Waals surface area contributed by atoms with Crippen LogP contribution in [0.25, 0.3) is 0 Å². The van der Waals surface area contributed by atoms with Gasteiger partial charge in [-0.2, -0.15) is 5.10 Å². The fourth-order valence-electron chi connectivity index (χ4n) is 3.20. The Kier molecular flexibility index (Phi) is 5.64. The highest BCUT2D eigenvalue weighted by Crippen LogP contribution is 2.29. The average molecular weight is 277 g/mol. The van der Waals surface area contributed by atoms with Gasteiger partial charge in [0.05, 0.1) is 11.7 Å². The standard InChI is InChI=1S/C17H31N3/c1-4-17(3,14-18-5-2)13-15-11-12-20(19-15)16-9-7-6-8-10-16/h11-12,16,18H,4-10,13-14H2,1-3H3. The summed E-state index contributed by atoms with van der Waals surface area (Å²) in [4.78, 5) is 0. The minimum absolute atomic E-state index is 0.321. The molecule has 2 rings (SSSR count). The summed E-state index contributed by atoms with van der Waals surface area (Å²) in [5.74, 6) is 0. The third kappa shape index (κ3) is 4.08. The second-order valence-corrected chi connectivity index (χ2v) is 6.70. The van der Waals surface area contributed by atoms with Crippen molar-refractivity contribution >= 4 is 0 Å². The van der Waals surface area contributed by atoms with Crippen LogP contribution in [0.2, 0.25) is 0 Å². The van der Waals surface area contributed by atoms with Crippen molar-refractivity contribution in [3.05, 3.63) is 18.0 Å². The molecule has 3 heteroatoms. The molecule has 0 aliphatic heterocycles. The number of aromatic nitrogens is 2. The highest BCUT2D eigenvalue weighted by molar-refractivity contribution is 5.04. The Balaban J connectivity index is 1.97. The Morgan fingerprint density at radius 3 is 2.70 bits per heavy atom. The van der Waals surface area contributed by atoms with Crippen LogP contribution in [-0.4, -0.2) is 22.9 Å². The summed E-state index contributed by atoms with van der Waals surface area (Å²) >= 11 is 0. The Hall–Kier alpha value is -0.830. The highest BCUT2D eigenvalue weighted by Gasteiger charge is 2.24. The molecule has 3 nitrogen and oxygen atoms in total. The third-order valence-electron chi connectivity index (χ3n) is 4.88. The number of hydrogen-bond donors (Lipinski definition) is 1. The van der Waals surface area contributed by atoms with E-state index in [1.807, 2.05) is 0 Å². The average Bonchev–Trinajstić information content (AvgIpc) is 2.94. The Morgan fingerprint density at radius 1 is 1.30 bits per heavy atom. The van der Waals surface area contributed by atoms with Gasteiger partial charge in [-0.25, -0.2) is 0 Å². The van der Waals surface area contributed by atoms with Crippen molar-refractivity contribution in [1.29, 1.82) is 0 Å². The predicted molar refractivity (Wildman–Crippen MR) is 85.0 cm³/mol. The van der Waals surface area contributed by atoms with Crippen LogP contribution in [0.15, 0.2) is 12.3 Å². The molecule has 1 aromatic rings. The van der Waals surface area contributed by atoms with Gasteiger partial charge in [0.25, 0.3) is 0 Å². The maximum Gasteiger partial charge on any atom is 0.0630 e. The Morgan fingerprint density at radius 2 is 2.05 bits per heavy atom. The van der Waals surface area contributed by atoms with E-state index >= 15 is 0 Å². The summed E-state index contributed by atoms with van der Waals surface area (Å²) in [5.41, 5.74) is 1.58. The molecule has 1 aliphatic rings. The van der Waals surface area contributed by atoms with E-state index in [0.29, 0.717) is 11.5 Å². The maximum atomic E-state index is 4.86. The molecule has 1 atom stereocenters. The van der Waals surface area contributed by atoms with Crippen molar-refractivity contribution in [3.63, 3.8) is 0 Å². The molecule has 1 heterocycles. The van der Waals surface area contributed by atoms with Crippen LogP contribution in [0.1, 0.15) is 71.0 Å². The number of rotatable bonds is 7. The molecule has 20 heavy (non-hydrogen) atoms. The van der Waals surface area contributed by atoms with Gasteiger partial charge in [-0.05, 0) is 43.7 Å². The van der Waals surface area contributed by atoms with Gasteiger partial charge in [-0.1, -0.05) is 40.0 Å². The molecule has 1 aromatic heterocycles. The largest absolute Gasteiger partial charge is 0.316 e. The number of nitrogens with one attached hydrogen (secondary N) is 1. The van der Waals surface area contributed by atoms with Gasteiger partial charge >= 0.3 is 0 Å². The van der Waals surface area contributed by atoms with Gasteiger partial charge in [0.15, 0.2) is 0 Å². The molecule has 1 aliphatic carbocycles. The Labute approximate surface area is 124 Å². The van der Waals surface area contributed by atoms with Crippen LogP contribution in [0.3, 0.4) is 0 Å². The van der Waals surface area contributed by atoms with E-state index < -0.39 is 0 Å². The maximum absolute atomic E-state index is 4.86. The summed E-state index contributed by atoms with van der Waals surface area (Å²) in [6.07, 6.45) is 11.2. The van der Waals surface area contributed by atoms with E-state index in [2.05, 4.69) is 43.0 Å². The van der Waals surface area contributed by atoms with Gasteiger partial charge in [0.2, 0.25) is 0 Å². The lowest BCUT2D eigenvalue weighted by Gasteiger charge is -2.28. The summed E-state index contributed by atoms with van der Waals surface area (Å²) < 4.78 is 2.23. The SMILES string of the molecule is CCNCC(C)(CC)Cc1ccn(C2CCCCC2)n1. The summed E-state index contributed by atoms with van der Waals surface area (Å²) in [6.45, 7) is 8.96. The van der Waals surface area contributed by atoms with Crippen molar-refractivity contribution in [2.45, 2.75) is 71.8 Å². The van der Waals surface area contributed by atoms with Crippen LogP contribution >= 0.6 is 0 Å². The summed E-state index contributed by atoms with van der Waals surface area (Å²) in [6, 6.07) is 2.88. The Bertz CT molecular complexity index is 393. The fourth-order valence-corrected chi connectivity index (χ4v) is 3.20. The zero-order valence-corrected chi connectivity index (χ0v) is 13.5. The zero-order valence-electron chi connectivity index (χ0n) is 13.5. The van der Waals surface area contributed by atoms with Crippen molar-refractivity contribution in [2.24, 2.45) is 5.41 Å². The molecular weight excluding hydrogens is 246 g/mol. The monoisotopic (exact) mass is 277 g/mol. The minimum Gasteiger partial charge on any atom is -0.316 e. The molecule has 0 amide bonds. The number of nitrogens with zero attached hydrogens (tertiary/aromatic N) is 2. The van der Waals surface area contributed by atoms with Gasteiger partial charge in [0.1, 0.15) is 0 Å². The molecule has 0 bridgehead atoms. The molecule has 0 saturated heterocycles. The van der Waals surface area contributed by atoms with E-state index in [4.69, 9.17) is 5.10 Å². The van der Waals surface area contributed by atoms with Crippen LogP contribution in [0.4, 0.5) is 0 Å². The van der Waals surface area contributed by atoms with Crippen molar-refractivity contribution < 1.29 is 0 Å². The van der Waals surface area contributed by atoms with E-state index in [-0.39, 0.29) is 0 Å². The first-order chi connectivity index (χ1) is 9.67. The van der Waals surface area contributed by atoms with E-state index in [1.54, 1.807) is 0 Å². The zero-order chi connectivity index (χ0) is 14.4. The predicted octanol–water partition coefficient (Wildman–Crippen LogP) is 3.96. The van der Waals surface area contributed by atoms with Crippen molar-refractivity contribution in [2.75, 3.05) is 13.1 Å². The summed E-state index contributed by atoms with van der Waals surface area (Å²) in [5, 5.41) is 8.36. The van der Waals surface area contributed by atoms with E-state index in [9.17, 15) is 0 Å². The first-order valence-electron chi connectivity index (χ1n) is 8.41. The van der Waals surface area contributed by atoms with Gasteiger partial charge in [-0.15, -0.1) is 0 Å². The first-order valence-corrected chi connectivity index (χ1v) is 8.41. The summed E-state index contributed by atoms with van der Waals surface area (Å²) in [7, 11) is 0. The lowest BCUT2D eigenvalue weighted by atomic mass is 9.82. The fraction of sp³-hybridized carbons (Fsp3) is 0.824. The molecule has 114 valence electrons. The lowest BCUT2D eigenvalue weighted by Crippen LogP contribution is -2.33. The van der Waals surface area contributed by atoms with Crippen LogP contribution in [0.5, 0.6) is 0 Å². The smallest absolute Gasteiger partial charge is 0.0630 e. The molecule has 1 unspecified atom stereocenters. The van der Waals surface area contributed by atoms with Gasteiger partial charge in [0, 0.05) is 12.7 Å². The minimum atomic E-state index is 0.321. The van der Waals surface area contributed by atoms with Gasteiger partial charge in [-0.3, -0.25) is 4.68 Å². The molecule has 0 radical (unpaired) electrons. The second kappa shape index (κ2) is 7.26. The quantitative estimate of drug-likeness (QED) is 0.817. The lowest BCUT2D eigenvalue weighted by molar-refractivity contribution is 0.285. The molecular formula is C17H31N3. The van der Waals surface area contributed by atoms with Crippen molar-refractivity contribution in [1.82, 2.24) is 15.1 Å². The molecule has 0 spiro atoms. The van der Waals surface area contributed by atoms with E-state index in [0.717, 1.165) is 19.5 Å². The number of hydrogen-bond acceptors (Lipinski definition) is 2. The topological polar surface area (TPSA) is 29.9 Å². The second-order valence-electron chi connectivity index (χ2n) is 6.70. The van der Waals surface area contributed by atoms with E-state index in [1.165, 1.54) is 44.2 Å².